The molecule has 1 fully saturated rings. The van der Waals surface area contributed by atoms with Gasteiger partial charge >= 0.3 is 6.09 Å². The molecule has 0 aliphatic carbocycles. The summed E-state index contributed by atoms with van der Waals surface area (Å²) in [6.45, 7) is 6.71. The lowest BCUT2D eigenvalue weighted by Gasteiger charge is -2.33. The third kappa shape index (κ3) is 4.91. The van der Waals surface area contributed by atoms with Crippen LogP contribution in [0, 0.1) is 22.6 Å². The van der Waals surface area contributed by atoms with Crippen LogP contribution in [-0.2, 0) is 4.74 Å². The summed E-state index contributed by atoms with van der Waals surface area (Å²) in [5.74, 6) is -0.0166. The van der Waals surface area contributed by atoms with Gasteiger partial charge in [0.25, 0.3) is 0 Å². The Bertz CT molecular complexity index is 670. The number of hydrogen-bond acceptors (Lipinski definition) is 4. The lowest BCUT2D eigenvalue weighted by molar-refractivity contribution is 0.0186. The normalized spacial score (nSPS) is 16.1. The van der Waals surface area contributed by atoms with E-state index in [1.807, 2.05) is 20.8 Å². The van der Waals surface area contributed by atoms with Crippen molar-refractivity contribution < 1.29 is 13.9 Å². The molecule has 0 spiro atoms. The van der Waals surface area contributed by atoms with Crippen LogP contribution in [-0.4, -0.2) is 40.1 Å². The van der Waals surface area contributed by atoms with E-state index >= 15 is 0 Å². The molecule has 0 saturated carbocycles. The first-order chi connectivity index (χ1) is 11.2. The van der Waals surface area contributed by atoms with Crippen molar-refractivity contribution in [3.63, 3.8) is 0 Å². The highest BCUT2D eigenvalue weighted by Crippen LogP contribution is 2.22. The summed E-state index contributed by atoms with van der Waals surface area (Å²) < 4.78 is 19.9. The molecular formula is C17H25FN4O2. The van der Waals surface area contributed by atoms with E-state index in [1.165, 1.54) is 22.9 Å². The number of nitrogens with zero attached hydrogens (tertiary/aromatic N) is 2. The molecule has 132 valence electrons. The monoisotopic (exact) mass is 336 g/mol. The van der Waals surface area contributed by atoms with Gasteiger partial charge in [0.05, 0.1) is 0 Å². The Hall–Kier alpha value is -2.18. The largest absolute Gasteiger partial charge is 0.444 e. The van der Waals surface area contributed by atoms with E-state index in [4.69, 9.17) is 15.6 Å². The zero-order chi connectivity index (χ0) is 17.9. The van der Waals surface area contributed by atoms with Gasteiger partial charge in [-0.25, -0.2) is 9.18 Å². The highest BCUT2D eigenvalue weighted by molar-refractivity contribution is 5.81. The summed E-state index contributed by atoms with van der Waals surface area (Å²) in [5.41, 5.74) is -0.415. The van der Waals surface area contributed by atoms with E-state index in [9.17, 15) is 9.18 Å². The third-order valence-corrected chi connectivity index (χ3v) is 3.95. The van der Waals surface area contributed by atoms with Gasteiger partial charge in [-0.05, 0) is 51.7 Å². The standard InChI is InChI=1S/C17H25FN4O2/c1-17(2,3)24-16(23)21-8-6-12(7-9-21)10-15(20)22-11-13(18)4-5-14(22)19/h4-5,11-12,19-20H,6-10H2,1-3H3. The Labute approximate surface area is 141 Å². The van der Waals surface area contributed by atoms with E-state index in [2.05, 4.69) is 0 Å². The molecule has 2 rings (SSSR count). The van der Waals surface area contributed by atoms with Crippen molar-refractivity contribution in [2.24, 2.45) is 5.92 Å². The van der Waals surface area contributed by atoms with Crippen LogP contribution in [0.5, 0.6) is 0 Å². The van der Waals surface area contributed by atoms with Crippen LogP contribution in [0.2, 0.25) is 0 Å². The second kappa shape index (κ2) is 7.15. The zero-order valence-corrected chi connectivity index (χ0v) is 14.4. The minimum Gasteiger partial charge on any atom is -0.444 e. The van der Waals surface area contributed by atoms with Crippen molar-refractivity contribution in [1.82, 2.24) is 9.47 Å². The predicted molar refractivity (Wildman–Crippen MR) is 88.5 cm³/mol. The SMILES string of the molecule is CC(C)(C)OC(=O)N1CCC(CC(=N)n2cc(F)ccc2=N)CC1. The van der Waals surface area contributed by atoms with Crippen LogP contribution in [0.3, 0.4) is 0 Å². The summed E-state index contributed by atoms with van der Waals surface area (Å²) in [7, 11) is 0. The van der Waals surface area contributed by atoms with Gasteiger partial charge in [-0.3, -0.25) is 15.4 Å². The molecule has 1 amide bonds. The van der Waals surface area contributed by atoms with Gasteiger partial charge in [-0.1, -0.05) is 0 Å². The number of halogens is 1. The zero-order valence-electron chi connectivity index (χ0n) is 14.4. The molecule has 1 aromatic rings. The van der Waals surface area contributed by atoms with Crippen molar-refractivity contribution in [2.75, 3.05) is 13.1 Å². The second-order valence-electron chi connectivity index (χ2n) is 7.16. The van der Waals surface area contributed by atoms with Gasteiger partial charge in [0.1, 0.15) is 22.7 Å². The number of hydrogen-bond donors (Lipinski definition) is 2. The number of piperidine rings is 1. The molecule has 2 N–H and O–H groups in total. The number of rotatable bonds is 2. The number of likely N-dealkylation sites (tertiary alicyclic amines) is 1. The van der Waals surface area contributed by atoms with E-state index in [-0.39, 0.29) is 23.3 Å². The molecule has 2 heterocycles. The van der Waals surface area contributed by atoms with Crippen molar-refractivity contribution in [1.29, 1.82) is 10.8 Å². The first-order valence-electron chi connectivity index (χ1n) is 8.14. The summed E-state index contributed by atoms with van der Waals surface area (Å²) in [5, 5.41) is 15.9. The first-order valence-corrected chi connectivity index (χ1v) is 8.14. The van der Waals surface area contributed by atoms with Gasteiger partial charge in [0.15, 0.2) is 0 Å². The number of ether oxygens (including phenoxy) is 1. The topological polar surface area (TPSA) is 82.2 Å². The summed E-state index contributed by atoms with van der Waals surface area (Å²) in [4.78, 5) is 13.7. The van der Waals surface area contributed by atoms with Crippen LogP contribution in [0.1, 0.15) is 40.0 Å². The Morgan fingerprint density at radius 1 is 1.33 bits per heavy atom. The minimum absolute atomic E-state index is 0.0904. The summed E-state index contributed by atoms with van der Waals surface area (Å²) in [6.07, 6.45) is 2.86. The summed E-state index contributed by atoms with van der Waals surface area (Å²) >= 11 is 0. The smallest absolute Gasteiger partial charge is 0.410 e. The van der Waals surface area contributed by atoms with E-state index in [1.54, 1.807) is 4.90 Å². The predicted octanol–water partition coefficient (Wildman–Crippen LogP) is 2.97. The van der Waals surface area contributed by atoms with E-state index in [0.29, 0.717) is 19.5 Å². The number of carbonyl (C=O) groups is 1. The maximum Gasteiger partial charge on any atom is 0.410 e. The van der Waals surface area contributed by atoms with Crippen LogP contribution in [0.4, 0.5) is 9.18 Å². The molecule has 1 aliphatic heterocycles. The summed E-state index contributed by atoms with van der Waals surface area (Å²) in [6, 6.07) is 2.56. The number of nitrogens with one attached hydrogen (secondary N) is 2. The first kappa shape index (κ1) is 18.2. The molecule has 1 aromatic heterocycles. The van der Waals surface area contributed by atoms with E-state index < -0.39 is 11.4 Å². The van der Waals surface area contributed by atoms with Gasteiger partial charge < -0.3 is 9.64 Å². The lowest BCUT2D eigenvalue weighted by atomic mass is 9.93. The third-order valence-electron chi connectivity index (χ3n) is 3.95. The van der Waals surface area contributed by atoms with Crippen molar-refractivity contribution >= 4 is 11.9 Å². The molecule has 0 bridgehead atoms. The number of aromatic nitrogens is 1. The average molecular weight is 336 g/mol. The average Bonchev–Trinajstić information content (AvgIpc) is 2.48. The van der Waals surface area contributed by atoms with Gasteiger partial charge in [-0.15, -0.1) is 0 Å². The Morgan fingerprint density at radius 3 is 2.54 bits per heavy atom. The van der Waals surface area contributed by atoms with Crippen LogP contribution in [0.15, 0.2) is 18.3 Å². The Morgan fingerprint density at radius 2 is 1.96 bits per heavy atom. The van der Waals surface area contributed by atoms with Crippen LogP contribution < -0.4 is 5.49 Å². The lowest BCUT2D eigenvalue weighted by Crippen LogP contribution is -2.42. The minimum atomic E-state index is -0.505. The van der Waals surface area contributed by atoms with E-state index in [0.717, 1.165) is 12.8 Å². The maximum absolute atomic E-state index is 13.3. The quantitative estimate of drug-likeness (QED) is 0.643. The Kier molecular flexibility index (Phi) is 5.41. The molecule has 24 heavy (non-hydrogen) atoms. The van der Waals surface area contributed by atoms with Gasteiger partial charge in [-0.2, -0.15) is 0 Å². The second-order valence-corrected chi connectivity index (χ2v) is 7.16. The molecule has 0 atom stereocenters. The van der Waals surface area contributed by atoms with Crippen LogP contribution in [0.25, 0.3) is 0 Å². The molecule has 7 heteroatoms. The number of pyridine rings is 1. The highest BCUT2D eigenvalue weighted by Gasteiger charge is 2.27. The highest BCUT2D eigenvalue weighted by atomic mass is 19.1. The molecule has 1 aliphatic rings. The number of carbonyl (C=O) groups excluding carboxylic acids is 1. The van der Waals surface area contributed by atoms with Crippen LogP contribution >= 0.6 is 0 Å². The molecule has 1 saturated heterocycles. The van der Waals surface area contributed by atoms with Gasteiger partial charge in [0, 0.05) is 25.7 Å². The molecular weight excluding hydrogens is 311 g/mol. The van der Waals surface area contributed by atoms with Gasteiger partial charge in [0.2, 0.25) is 0 Å². The number of amides is 1. The maximum atomic E-state index is 13.3. The molecule has 0 unspecified atom stereocenters. The Balaban J connectivity index is 1.89. The fourth-order valence-electron chi connectivity index (χ4n) is 2.72. The molecule has 0 aromatic carbocycles. The fraction of sp³-hybridized carbons (Fsp3) is 0.588. The van der Waals surface area contributed by atoms with Crippen molar-refractivity contribution in [3.8, 4) is 0 Å². The fourth-order valence-corrected chi connectivity index (χ4v) is 2.72. The molecule has 6 nitrogen and oxygen atoms in total. The van der Waals surface area contributed by atoms with Crippen molar-refractivity contribution in [2.45, 2.75) is 45.6 Å². The van der Waals surface area contributed by atoms with Crippen molar-refractivity contribution in [3.05, 3.63) is 29.6 Å². The molecule has 0 radical (unpaired) electrons.